The van der Waals surface area contributed by atoms with Crippen LogP contribution in [0.2, 0.25) is 0 Å². The van der Waals surface area contributed by atoms with E-state index in [4.69, 9.17) is 4.98 Å². The van der Waals surface area contributed by atoms with Crippen molar-refractivity contribution in [2.75, 3.05) is 0 Å². The molecule has 9 aromatic carbocycles. The Kier molecular flexibility index (Phi) is 5.61. The van der Waals surface area contributed by atoms with Crippen LogP contribution in [0.1, 0.15) is 0 Å². The first-order chi connectivity index (χ1) is 23.3. The molecule has 0 unspecified atom stereocenters. The van der Waals surface area contributed by atoms with Crippen molar-refractivity contribution in [2.24, 2.45) is 0 Å². The van der Waals surface area contributed by atoms with Crippen LogP contribution in [0, 0.1) is 0 Å². The van der Waals surface area contributed by atoms with E-state index in [1.165, 1.54) is 65.0 Å². The molecule has 1 heterocycles. The number of fused-ring (bicyclic) bond motifs is 7. The molecule has 218 valence electrons. The fraction of sp³-hybridized carbons (Fsp3) is 0. The molecule has 0 aliphatic carbocycles. The lowest BCUT2D eigenvalue weighted by molar-refractivity contribution is 1.13. The summed E-state index contributed by atoms with van der Waals surface area (Å²) < 4.78 is 2.38. The van der Waals surface area contributed by atoms with Gasteiger partial charge in [0.1, 0.15) is 5.82 Å². The average molecular weight is 597 g/mol. The summed E-state index contributed by atoms with van der Waals surface area (Å²) >= 11 is 0. The van der Waals surface area contributed by atoms with Crippen LogP contribution >= 0.6 is 0 Å². The molecule has 0 fully saturated rings. The minimum absolute atomic E-state index is 0.943. The zero-order chi connectivity index (χ0) is 30.9. The second-order valence-electron chi connectivity index (χ2n) is 12.3. The molecule has 1 aromatic heterocycles. The maximum atomic E-state index is 5.21. The van der Waals surface area contributed by atoms with Crippen LogP contribution in [0.15, 0.2) is 170 Å². The van der Waals surface area contributed by atoms with Crippen molar-refractivity contribution < 1.29 is 0 Å². The molecule has 47 heavy (non-hydrogen) atoms. The third kappa shape index (κ3) is 3.89. The van der Waals surface area contributed by atoms with Crippen molar-refractivity contribution in [3.05, 3.63) is 170 Å². The third-order valence-electron chi connectivity index (χ3n) is 9.73. The molecule has 0 spiro atoms. The quantitative estimate of drug-likeness (QED) is 0.147. The first kappa shape index (κ1) is 26.0. The molecule has 0 radical (unpaired) electrons. The number of benzene rings is 9. The highest BCUT2D eigenvalue weighted by atomic mass is 15.1. The molecular formula is C45H28N2. The summed E-state index contributed by atoms with van der Waals surface area (Å²) in [7, 11) is 0. The highest BCUT2D eigenvalue weighted by molar-refractivity contribution is 6.23. The number of imidazole rings is 1. The molecule has 10 rings (SSSR count). The van der Waals surface area contributed by atoms with E-state index in [0.29, 0.717) is 0 Å². The Morgan fingerprint density at radius 3 is 1.77 bits per heavy atom. The molecule has 2 heteroatoms. The van der Waals surface area contributed by atoms with Gasteiger partial charge in [-0.3, -0.25) is 4.57 Å². The van der Waals surface area contributed by atoms with Crippen LogP contribution in [-0.4, -0.2) is 9.55 Å². The van der Waals surface area contributed by atoms with Gasteiger partial charge in [-0.05, 0) is 78.5 Å². The number of para-hydroxylation sites is 2. The van der Waals surface area contributed by atoms with Gasteiger partial charge in [0.15, 0.2) is 0 Å². The second-order valence-corrected chi connectivity index (χ2v) is 12.3. The average Bonchev–Trinajstić information content (AvgIpc) is 3.52. The van der Waals surface area contributed by atoms with Crippen LogP contribution < -0.4 is 0 Å². The van der Waals surface area contributed by atoms with Crippen LogP contribution in [-0.2, 0) is 0 Å². The fourth-order valence-electron chi connectivity index (χ4n) is 7.67. The first-order valence-electron chi connectivity index (χ1n) is 16.1. The minimum atomic E-state index is 0.943. The van der Waals surface area contributed by atoms with Crippen molar-refractivity contribution in [3.63, 3.8) is 0 Å². The van der Waals surface area contributed by atoms with E-state index in [-0.39, 0.29) is 0 Å². The molecule has 0 saturated carbocycles. The van der Waals surface area contributed by atoms with Gasteiger partial charge >= 0.3 is 0 Å². The summed E-state index contributed by atoms with van der Waals surface area (Å²) in [5.41, 5.74) is 6.83. The number of hydrogen-bond donors (Lipinski definition) is 0. The van der Waals surface area contributed by atoms with Crippen molar-refractivity contribution in [2.45, 2.75) is 0 Å². The fourth-order valence-corrected chi connectivity index (χ4v) is 7.67. The van der Waals surface area contributed by atoms with Crippen molar-refractivity contribution in [1.82, 2.24) is 9.55 Å². The maximum absolute atomic E-state index is 5.21. The molecule has 0 aliphatic heterocycles. The molecule has 10 aromatic rings. The van der Waals surface area contributed by atoms with Gasteiger partial charge in [-0.15, -0.1) is 0 Å². The van der Waals surface area contributed by atoms with Gasteiger partial charge in [-0.1, -0.05) is 146 Å². The van der Waals surface area contributed by atoms with E-state index < -0.39 is 0 Å². The number of rotatable bonds is 3. The Labute approximate surface area is 271 Å². The lowest BCUT2D eigenvalue weighted by Crippen LogP contribution is -2.01. The van der Waals surface area contributed by atoms with Gasteiger partial charge < -0.3 is 0 Å². The summed E-state index contributed by atoms with van der Waals surface area (Å²) in [4.78, 5) is 5.21. The lowest BCUT2D eigenvalue weighted by Gasteiger charge is -2.21. The Hall–Kier alpha value is -6.25. The van der Waals surface area contributed by atoms with E-state index >= 15 is 0 Å². The van der Waals surface area contributed by atoms with Gasteiger partial charge in [0, 0.05) is 16.3 Å². The summed E-state index contributed by atoms with van der Waals surface area (Å²) in [6.07, 6.45) is 0. The molecule has 0 aliphatic rings. The molecule has 0 bridgehead atoms. The summed E-state index contributed by atoms with van der Waals surface area (Å²) in [5, 5.41) is 12.4. The number of aromatic nitrogens is 2. The van der Waals surface area contributed by atoms with Crippen LogP contribution in [0.3, 0.4) is 0 Å². The Morgan fingerprint density at radius 1 is 0.383 bits per heavy atom. The maximum Gasteiger partial charge on any atom is 0.145 e. The second kappa shape index (κ2) is 10.1. The van der Waals surface area contributed by atoms with E-state index in [9.17, 15) is 0 Å². The predicted molar refractivity (Wildman–Crippen MR) is 199 cm³/mol. The Morgan fingerprint density at radius 2 is 0.979 bits per heavy atom. The minimum Gasteiger partial charge on any atom is -0.291 e. The smallest absolute Gasteiger partial charge is 0.145 e. The third-order valence-corrected chi connectivity index (χ3v) is 9.73. The molecule has 2 nitrogen and oxygen atoms in total. The zero-order valence-electron chi connectivity index (χ0n) is 25.6. The molecule has 0 saturated heterocycles. The topological polar surface area (TPSA) is 17.8 Å². The normalized spacial score (nSPS) is 11.8. The lowest BCUT2D eigenvalue weighted by atomic mass is 9.87. The van der Waals surface area contributed by atoms with Gasteiger partial charge in [0.2, 0.25) is 0 Å². The van der Waals surface area contributed by atoms with Crippen molar-refractivity contribution in [1.29, 1.82) is 0 Å². The highest BCUT2D eigenvalue weighted by Crippen LogP contribution is 2.45. The number of nitrogens with zero attached hydrogens (tertiary/aromatic N) is 2. The Bertz CT molecular complexity index is 2790. The predicted octanol–water partition coefficient (Wildman–Crippen LogP) is 12.1. The van der Waals surface area contributed by atoms with E-state index in [0.717, 1.165) is 28.1 Å². The molecule has 0 N–H and O–H groups in total. The number of hydrogen-bond acceptors (Lipinski definition) is 1. The summed E-state index contributed by atoms with van der Waals surface area (Å²) in [6, 6.07) is 61.5. The molecule has 0 amide bonds. The summed E-state index contributed by atoms with van der Waals surface area (Å²) in [6.45, 7) is 0. The van der Waals surface area contributed by atoms with Gasteiger partial charge in [-0.25, -0.2) is 4.98 Å². The monoisotopic (exact) mass is 596 g/mol. The van der Waals surface area contributed by atoms with Crippen LogP contribution in [0.5, 0.6) is 0 Å². The highest BCUT2D eigenvalue weighted by Gasteiger charge is 2.22. The van der Waals surface area contributed by atoms with E-state index in [1.54, 1.807) is 0 Å². The molecule has 0 atom stereocenters. The largest absolute Gasteiger partial charge is 0.291 e. The van der Waals surface area contributed by atoms with Crippen LogP contribution in [0.4, 0.5) is 0 Å². The van der Waals surface area contributed by atoms with E-state index in [2.05, 4.69) is 174 Å². The Balaban J connectivity index is 1.36. The van der Waals surface area contributed by atoms with Crippen LogP contribution in [0.25, 0.3) is 93.1 Å². The van der Waals surface area contributed by atoms with E-state index in [1.807, 2.05) is 0 Å². The van der Waals surface area contributed by atoms with Crippen molar-refractivity contribution >= 4 is 64.9 Å². The first-order valence-corrected chi connectivity index (χ1v) is 16.1. The van der Waals surface area contributed by atoms with Gasteiger partial charge in [-0.2, -0.15) is 0 Å². The SMILES string of the molecule is c1ccc(-c2nc3ccccc3n2-c2c3ccccc3c(-c3cccc4cc5ccc6ccccc6c5cc34)c3ccccc23)cc1. The van der Waals surface area contributed by atoms with Gasteiger partial charge in [0.25, 0.3) is 0 Å². The summed E-state index contributed by atoms with van der Waals surface area (Å²) in [5.74, 6) is 0.943. The molecular weight excluding hydrogens is 569 g/mol. The van der Waals surface area contributed by atoms with Crippen molar-refractivity contribution in [3.8, 4) is 28.2 Å². The zero-order valence-corrected chi connectivity index (χ0v) is 25.6. The van der Waals surface area contributed by atoms with Gasteiger partial charge in [0.05, 0.1) is 16.7 Å². The standard InChI is InChI=1S/C45H28N2/c1-2-14-30(15-3-1)45-46-41-23-10-11-24-42(41)47(45)44-37-20-8-6-18-34(37)43(35-19-7-9-21-38(35)44)36-22-12-16-31-27-32-26-25-29-13-4-5-17-33(29)39(32)28-40(31)36/h1-28H.